The highest BCUT2D eigenvalue weighted by Crippen LogP contribution is 2.69. The van der Waals surface area contributed by atoms with Crippen LogP contribution in [-0.4, -0.2) is 84.8 Å². The van der Waals surface area contributed by atoms with Crippen molar-refractivity contribution >= 4 is 15.9 Å². The maximum Gasteiger partial charge on any atom is 0.273 e. The average molecular weight is 546 g/mol. The fourth-order valence-corrected chi connectivity index (χ4v) is 11.4. The number of piperidine rings is 1. The minimum Gasteiger partial charge on any atom is -0.360 e. The van der Waals surface area contributed by atoms with Gasteiger partial charge in [0.2, 0.25) is 10.0 Å². The Morgan fingerprint density at radius 3 is 2.42 bits per heavy atom. The van der Waals surface area contributed by atoms with E-state index < -0.39 is 14.8 Å². The van der Waals surface area contributed by atoms with Crippen molar-refractivity contribution in [2.45, 2.75) is 93.4 Å². The second kappa shape index (κ2) is 9.85. The van der Waals surface area contributed by atoms with Crippen molar-refractivity contribution in [1.82, 2.24) is 25.0 Å². The second-order valence-electron chi connectivity index (χ2n) is 13.1. The summed E-state index contributed by atoms with van der Waals surface area (Å²) in [6, 6.07) is 2.32. The minimum absolute atomic E-state index is 0.100. The van der Waals surface area contributed by atoms with E-state index in [0.717, 1.165) is 63.7 Å². The fraction of sp³-hybridized carbons (Fsp3) is 0.857. The van der Waals surface area contributed by atoms with E-state index in [4.69, 9.17) is 4.52 Å². The largest absolute Gasteiger partial charge is 0.360 e. The summed E-state index contributed by atoms with van der Waals surface area (Å²) in [4.78, 5) is 15.3. The van der Waals surface area contributed by atoms with Gasteiger partial charge in [-0.2, -0.15) is 0 Å². The first-order chi connectivity index (χ1) is 18.4. The molecule has 0 aromatic carbocycles. The van der Waals surface area contributed by atoms with Crippen molar-refractivity contribution in [1.29, 1.82) is 0 Å². The Balaban J connectivity index is 0.876. The zero-order valence-corrected chi connectivity index (χ0v) is 23.3. The van der Waals surface area contributed by atoms with Gasteiger partial charge in [-0.1, -0.05) is 5.16 Å². The first-order valence-corrected chi connectivity index (χ1v) is 16.6. The number of rotatable bonds is 10. The average Bonchev–Trinajstić information content (AvgIpc) is 3.37. The molecule has 7 rings (SSSR count). The topological polar surface area (TPSA) is 108 Å². The minimum atomic E-state index is -3.28. The van der Waals surface area contributed by atoms with Crippen LogP contribution in [0.15, 0.2) is 10.6 Å². The molecule has 1 aromatic heterocycles. The molecule has 4 saturated carbocycles. The molecule has 0 radical (unpaired) electrons. The maximum atomic E-state index is 13.8. The number of hydrogen-bond donors (Lipinski definition) is 2. The molecule has 5 atom stereocenters. The van der Waals surface area contributed by atoms with Gasteiger partial charge in [0.25, 0.3) is 5.91 Å². The molecule has 2 N–H and O–H groups in total. The molecule has 210 valence electrons. The van der Waals surface area contributed by atoms with Crippen LogP contribution in [0.5, 0.6) is 0 Å². The van der Waals surface area contributed by atoms with E-state index in [1.165, 1.54) is 38.9 Å². The lowest BCUT2D eigenvalue weighted by molar-refractivity contribution is -0.108. The van der Waals surface area contributed by atoms with Crippen LogP contribution < -0.4 is 10.6 Å². The van der Waals surface area contributed by atoms with Crippen molar-refractivity contribution in [3.63, 3.8) is 0 Å². The summed E-state index contributed by atoms with van der Waals surface area (Å²) in [5.41, 5.74) is 0.373. The summed E-state index contributed by atoms with van der Waals surface area (Å²) < 4.78 is 34.3. The predicted octanol–water partition coefficient (Wildman–Crippen LogP) is 2.71. The number of sulfonamides is 1. The number of hydrogen-bond acceptors (Lipinski definition) is 7. The third-order valence-corrected chi connectivity index (χ3v) is 13.4. The van der Waals surface area contributed by atoms with Crippen LogP contribution in [0.2, 0.25) is 0 Å². The smallest absolute Gasteiger partial charge is 0.273 e. The van der Waals surface area contributed by atoms with E-state index in [9.17, 15) is 13.2 Å². The van der Waals surface area contributed by atoms with E-state index in [2.05, 4.69) is 20.7 Å². The number of likely N-dealkylation sites (tertiary alicyclic amines) is 1. The second-order valence-corrected chi connectivity index (χ2v) is 15.4. The number of carbonyl (C=O) groups excluding carboxylic acids is 1. The molecule has 6 fully saturated rings. The lowest BCUT2D eigenvalue weighted by Crippen LogP contribution is -2.75. The van der Waals surface area contributed by atoms with Crippen molar-refractivity contribution < 1.29 is 17.7 Å². The Morgan fingerprint density at radius 2 is 1.74 bits per heavy atom. The van der Waals surface area contributed by atoms with Gasteiger partial charge in [-0.3, -0.25) is 4.79 Å². The molecule has 4 aliphatic carbocycles. The first-order valence-electron chi connectivity index (χ1n) is 15.2. The van der Waals surface area contributed by atoms with E-state index in [1.807, 2.05) is 4.31 Å². The molecule has 2 saturated heterocycles. The van der Waals surface area contributed by atoms with Crippen LogP contribution >= 0.6 is 0 Å². The van der Waals surface area contributed by atoms with Crippen molar-refractivity contribution in [3.05, 3.63) is 17.5 Å². The fourth-order valence-electron chi connectivity index (χ4n) is 8.60. The molecule has 6 aliphatic rings. The van der Waals surface area contributed by atoms with Gasteiger partial charge in [0, 0.05) is 37.2 Å². The summed E-state index contributed by atoms with van der Waals surface area (Å²) in [5.74, 6) is 2.17. The first kappa shape index (κ1) is 25.5. The summed E-state index contributed by atoms with van der Waals surface area (Å²) >= 11 is 0. The SMILES string of the molecule is O=C(N[C@@H]1C[C@@H]2CC3(S(=O)(=O)N4CCC(NCCCN5CCCC5)CC4)C[C@H](C1)C23)c1cc(C2CC2)on1. The highest BCUT2D eigenvalue weighted by molar-refractivity contribution is 7.90. The summed E-state index contributed by atoms with van der Waals surface area (Å²) in [5, 5.41) is 10.8. The lowest BCUT2D eigenvalue weighted by atomic mass is 9.42. The third-order valence-electron chi connectivity index (χ3n) is 10.7. The van der Waals surface area contributed by atoms with Crippen LogP contribution in [0, 0.1) is 17.8 Å². The van der Waals surface area contributed by atoms with Crippen LogP contribution in [0.4, 0.5) is 0 Å². The van der Waals surface area contributed by atoms with Gasteiger partial charge in [-0.05, 0) is 115 Å². The third kappa shape index (κ3) is 4.43. The predicted molar refractivity (Wildman–Crippen MR) is 143 cm³/mol. The van der Waals surface area contributed by atoms with E-state index in [0.29, 0.717) is 42.6 Å². The van der Waals surface area contributed by atoms with Crippen molar-refractivity contribution in [2.75, 3.05) is 39.3 Å². The molecule has 10 heteroatoms. The molecular weight excluding hydrogens is 502 g/mol. The van der Waals surface area contributed by atoms with E-state index >= 15 is 0 Å². The summed E-state index contributed by atoms with van der Waals surface area (Å²) in [6.45, 7) is 6.00. The Hall–Kier alpha value is -1.49. The van der Waals surface area contributed by atoms with E-state index in [-0.39, 0.29) is 17.9 Å². The number of nitrogens with zero attached hydrogens (tertiary/aromatic N) is 3. The molecule has 0 spiro atoms. The Bertz CT molecular complexity index is 1120. The molecule has 2 unspecified atom stereocenters. The van der Waals surface area contributed by atoms with E-state index in [1.54, 1.807) is 6.07 Å². The van der Waals surface area contributed by atoms with Gasteiger partial charge in [0.05, 0.1) is 4.75 Å². The molecule has 2 aliphatic heterocycles. The van der Waals surface area contributed by atoms with Crippen LogP contribution in [0.1, 0.15) is 92.8 Å². The van der Waals surface area contributed by atoms with Crippen LogP contribution in [0.25, 0.3) is 0 Å². The van der Waals surface area contributed by atoms with Crippen LogP contribution in [0.3, 0.4) is 0 Å². The van der Waals surface area contributed by atoms with Gasteiger partial charge in [0.15, 0.2) is 5.69 Å². The summed E-state index contributed by atoms with van der Waals surface area (Å²) in [6.07, 6.45) is 11.2. The normalized spacial score (nSPS) is 35.9. The molecule has 1 amide bonds. The summed E-state index contributed by atoms with van der Waals surface area (Å²) in [7, 11) is -3.28. The van der Waals surface area contributed by atoms with Gasteiger partial charge < -0.3 is 20.1 Å². The monoisotopic (exact) mass is 545 g/mol. The van der Waals surface area contributed by atoms with Gasteiger partial charge >= 0.3 is 0 Å². The zero-order chi connectivity index (χ0) is 25.9. The number of aromatic nitrogens is 1. The Labute approximate surface area is 226 Å². The number of amides is 1. The number of nitrogens with one attached hydrogen (secondary N) is 2. The highest BCUT2D eigenvalue weighted by Gasteiger charge is 2.73. The van der Waals surface area contributed by atoms with Crippen molar-refractivity contribution in [2.24, 2.45) is 17.8 Å². The Kier molecular flexibility index (Phi) is 6.61. The highest BCUT2D eigenvalue weighted by atomic mass is 32.2. The quantitative estimate of drug-likeness (QED) is 0.435. The van der Waals surface area contributed by atoms with Gasteiger partial charge in [-0.25, -0.2) is 12.7 Å². The Morgan fingerprint density at radius 1 is 1.03 bits per heavy atom. The van der Waals surface area contributed by atoms with Crippen LogP contribution in [-0.2, 0) is 10.0 Å². The molecule has 38 heavy (non-hydrogen) atoms. The maximum absolute atomic E-state index is 13.8. The molecule has 9 nitrogen and oxygen atoms in total. The number of carbonyl (C=O) groups is 1. The van der Waals surface area contributed by atoms with Crippen molar-refractivity contribution in [3.8, 4) is 0 Å². The molecule has 3 heterocycles. The molecular formula is C28H43N5O4S. The van der Waals surface area contributed by atoms with Gasteiger partial charge in [0.1, 0.15) is 5.76 Å². The zero-order valence-electron chi connectivity index (χ0n) is 22.4. The standard InChI is InChI=1S/C28H43N5O4S/c34-27(24-16-25(37-31-24)19-4-5-19)30-23-14-20-17-28(18-21(15-23)26(20)28)38(35,36)33-12-6-22(7-13-33)29-8-3-11-32-9-1-2-10-32/h16,19-23,26,29H,1-15,17-18H2,(H,30,34)/t20-,21+,23-,26?,28?. The van der Waals surface area contributed by atoms with Gasteiger partial charge in [-0.15, -0.1) is 0 Å². The molecule has 0 bridgehead atoms. The molecule has 1 aromatic rings. The lowest BCUT2D eigenvalue weighted by Gasteiger charge is -2.70.